The molecule has 17 heavy (non-hydrogen) atoms. The lowest BCUT2D eigenvalue weighted by molar-refractivity contribution is -0.118. The van der Waals surface area contributed by atoms with E-state index < -0.39 is 0 Å². The average Bonchev–Trinajstić information content (AvgIpc) is 2.90. The van der Waals surface area contributed by atoms with Crippen LogP contribution in [0.15, 0.2) is 22.7 Å². The fraction of sp³-hybridized carbons (Fsp3) is 0.500. The predicted octanol–water partition coefficient (Wildman–Crippen LogP) is 4.00. The van der Waals surface area contributed by atoms with Crippen LogP contribution in [-0.4, -0.2) is 5.91 Å². The third-order valence-corrected chi connectivity index (χ3v) is 4.03. The zero-order chi connectivity index (χ0) is 12.6. The van der Waals surface area contributed by atoms with E-state index in [1.54, 1.807) is 0 Å². The van der Waals surface area contributed by atoms with Crippen molar-refractivity contribution in [3.63, 3.8) is 0 Å². The molecular formula is C14H18BrNO. The minimum Gasteiger partial charge on any atom is -0.326 e. The van der Waals surface area contributed by atoms with Crippen molar-refractivity contribution in [2.75, 3.05) is 5.32 Å². The Morgan fingerprint density at radius 2 is 2.18 bits per heavy atom. The van der Waals surface area contributed by atoms with Gasteiger partial charge in [0.25, 0.3) is 0 Å². The molecule has 1 aromatic carbocycles. The van der Waals surface area contributed by atoms with Crippen molar-refractivity contribution < 1.29 is 4.79 Å². The Morgan fingerprint density at radius 1 is 1.53 bits per heavy atom. The lowest BCUT2D eigenvalue weighted by Crippen LogP contribution is -2.17. The standard InChI is InChI=1S/C14H18BrNO/c1-4-9-7-10(15)5-6-12(9)16-13(17)11-8-14(11,2)3/h5-7,11H,4,8H2,1-3H3,(H,16,17). The molecule has 0 heterocycles. The molecule has 0 aliphatic heterocycles. The molecule has 2 rings (SSSR count). The van der Waals surface area contributed by atoms with E-state index in [1.165, 1.54) is 5.56 Å². The number of amides is 1. The third kappa shape index (κ3) is 2.71. The molecule has 1 aromatic rings. The fourth-order valence-corrected chi connectivity index (χ4v) is 2.52. The molecule has 92 valence electrons. The van der Waals surface area contributed by atoms with Crippen molar-refractivity contribution in [3.8, 4) is 0 Å². The average molecular weight is 296 g/mol. The highest BCUT2D eigenvalue weighted by Crippen LogP contribution is 2.52. The summed E-state index contributed by atoms with van der Waals surface area (Å²) >= 11 is 3.45. The van der Waals surface area contributed by atoms with E-state index in [2.05, 4.69) is 48.1 Å². The van der Waals surface area contributed by atoms with Crippen LogP contribution in [-0.2, 0) is 11.2 Å². The first-order chi connectivity index (χ1) is 7.94. The molecule has 1 atom stereocenters. The number of benzene rings is 1. The lowest BCUT2D eigenvalue weighted by atomic mass is 10.1. The quantitative estimate of drug-likeness (QED) is 0.897. The predicted molar refractivity (Wildman–Crippen MR) is 74.0 cm³/mol. The molecule has 0 saturated heterocycles. The molecule has 3 heteroatoms. The van der Waals surface area contributed by atoms with Gasteiger partial charge in [-0.2, -0.15) is 0 Å². The molecule has 1 amide bonds. The van der Waals surface area contributed by atoms with E-state index in [9.17, 15) is 4.79 Å². The third-order valence-electron chi connectivity index (χ3n) is 3.54. The topological polar surface area (TPSA) is 29.1 Å². The highest BCUT2D eigenvalue weighted by Gasteiger charge is 2.50. The van der Waals surface area contributed by atoms with E-state index in [-0.39, 0.29) is 17.2 Å². The number of nitrogens with one attached hydrogen (secondary N) is 1. The van der Waals surface area contributed by atoms with Crippen LogP contribution in [0, 0.1) is 11.3 Å². The Hall–Kier alpha value is -0.830. The first-order valence-corrected chi connectivity index (χ1v) is 6.82. The molecule has 1 aliphatic carbocycles. The van der Waals surface area contributed by atoms with E-state index in [4.69, 9.17) is 0 Å². The summed E-state index contributed by atoms with van der Waals surface area (Å²) in [5, 5.41) is 3.05. The molecule has 1 unspecified atom stereocenters. The maximum Gasteiger partial charge on any atom is 0.228 e. The number of carbonyl (C=O) groups excluding carboxylic acids is 1. The summed E-state index contributed by atoms with van der Waals surface area (Å²) < 4.78 is 1.05. The van der Waals surface area contributed by atoms with Crippen molar-refractivity contribution in [2.45, 2.75) is 33.6 Å². The van der Waals surface area contributed by atoms with Gasteiger partial charge < -0.3 is 5.32 Å². The smallest absolute Gasteiger partial charge is 0.228 e. The van der Waals surface area contributed by atoms with Crippen LogP contribution in [0.2, 0.25) is 0 Å². The Kier molecular flexibility index (Phi) is 3.30. The van der Waals surface area contributed by atoms with Gasteiger partial charge in [-0.15, -0.1) is 0 Å². The van der Waals surface area contributed by atoms with Crippen molar-refractivity contribution in [3.05, 3.63) is 28.2 Å². The second-order valence-electron chi connectivity index (χ2n) is 5.39. The molecular weight excluding hydrogens is 278 g/mol. The van der Waals surface area contributed by atoms with Crippen LogP contribution < -0.4 is 5.32 Å². The van der Waals surface area contributed by atoms with Crippen LogP contribution in [0.5, 0.6) is 0 Å². The lowest BCUT2D eigenvalue weighted by Gasteiger charge is -2.11. The summed E-state index contributed by atoms with van der Waals surface area (Å²) in [5.41, 5.74) is 2.31. The summed E-state index contributed by atoms with van der Waals surface area (Å²) in [6.45, 7) is 6.37. The molecule has 0 spiro atoms. The zero-order valence-corrected chi connectivity index (χ0v) is 12.1. The van der Waals surface area contributed by atoms with Gasteiger partial charge in [0.1, 0.15) is 0 Å². The SMILES string of the molecule is CCc1cc(Br)ccc1NC(=O)C1CC1(C)C. The molecule has 0 aromatic heterocycles. The van der Waals surface area contributed by atoms with Crippen molar-refractivity contribution >= 4 is 27.5 Å². The summed E-state index contributed by atoms with van der Waals surface area (Å²) in [6.07, 6.45) is 1.92. The number of carbonyl (C=O) groups is 1. The number of aryl methyl sites for hydroxylation is 1. The van der Waals surface area contributed by atoms with Crippen LogP contribution in [0.4, 0.5) is 5.69 Å². The number of halogens is 1. The molecule has 1 N–H and O–H groups in total. The van der Waals surface area contributed by atoms with Crippen LogP contribution in [0.3, 0.4) is 0 Å². The van der Waals surface area contributed by atoms with E-state index in [1.807, 2.05) is 12.1 Å². The Morgan fingerprint density at radius 3 is 2.71 bits per heavy atom. The van der Waals surface area contributed by atoms with Crippen LogP contribution in [0.25, 0.3) is 0 Å². The fourth-order valence-electron chi connectivity index (χ4n) is 2.11. The minimum absolute atomic E-state index is 0.159. The number of rotatable bonds is 3. The maximum atomic E-state index is 12.0. The van der Waals surface area contributed by atoms with Gasteiger partial charge in [-0.1, -0.05) is 36.7 Å². The Labute approximate surface area is 111 Å². The van der Waals surface area contributed by atoms with E-state index in [0.29, 0.717) is 0 Å². The van der Waals surface area contributed by atoms with Crippen LogP contribution >= 0.6 is 15.9 Å². The molecule has 1 saturated carbocycles. The van der Waals surface area contributed by atoms with Crippen LogP contribution in [0.1, 0.15) is 32.8 Å². The van der Waals surface area contributed by atoms with Gasteiger partial charge in [-0.05, 0) is 42.0 Å². The van der Waals surface area contributed by atoms with Gasteiger partial charge in [-0.3, -0.25) is 4.79 Å². The highest BCUT2D eigenvalue weighted by molar-refractivity contribution is 9.10. The molecule has 0 bridgehead atoms. The van der Waals surface area contributed by atoms with Gasteiger partial charge in [0.15, 0.2) is 0 Å². The van der Waals surface area contributed by atoms with Gasteiger partial charge >= 0.3 is 0 Å². The first kappa shape index (κ1) is 12.6. The summed E-state index contributed by atoms with van der Waals surface area (Å²) in [6, 6.07) is 6.00. The normalized spacial score (nSPS) is 21.1. The first-order valence-electron chi connectivity index (χ1n) is 6.03. The van der Waals surface area contributed by atoms with E-state index in [0.717, 1.165) is 23.0 Å². The largest absolute Gasteiger partial charge is 0.326 e. The minimum atomic E-state index is 0.159. The summed E-state index contributed by atoms with van der Waals surface area (Å²) in [7, 11) is 0. The highest BCUT2D eigenvalue weighted by atomic mass is 79.9. The number of hydrogen-bond acceptors (Lipinski definition) is 1. The maximum absolute atomic E-state index is 12.0. The number of hydrogen-bond donors (Lipinski definition) is 1. The second-order valence-corrected chi connectivity index (χ2v) is 6.31. The van der Waals surface area contributed by atoms with Crippen molar-refractivity contribution in [1.82, 2.24) is 0 Å². The molecule has 2 nitrogen and oxygen atoms in total. The number of anilines is 1. The van der Waals surface area contributed by atoms with Gasteiger partial charge in [0, 0.05) is 16.1 Å². The van der Waals surface area contributed by atoms with Crippen molar-refractivity contribution in [2.24, 2.45) is 11.3 Å². The Bertz CT molecular complexity index is 454. The summed E-state index contributed by atoms with van der Waals surface area (Å²) in [4.78, 5) is 12.0. The Balaban J connectivity index is 2.11. The van der Waals surface area contributed by atoms with Crippen molar-refractivity contribution in [1.29, 1.82) is 0 Å². The van der Waals surface area contributed by atoms with E-state index >= 15 is 0 Å². The zero-order valence-electron chi connectivity index (χ0n) is 10.5. The van der Waals surface area contributed by atoms with Gasteiger partial charge in [0.2, 0.25) is 5.91 Å². The molecule has 1 fully saturated rings. The second kappa shape index (κ2) is 4.45. The monoisotopic (exact) mass is 295 g/mol. The summed E-state index contributed by atoms with van der Waals surface area (Å²) in [5.74, 6) is 0.336. The van der Waals surface area contributed by atoms with Gasteiger partial charge in [0.05, 0.1) is 0 Å². The van der Waals surface area contributed by atoms with Gasteiger partial charge in [-0.25, -0.2) is 0 Å². The molecule has 0 radical (unpaired) electrons. The molecule has 1 aliphatic rings.